The molecular formula is C15H22N2O3. The highest BCUT2D eigenvalue weighted by Gasteiger charge is 2.25. The van der Waals surface area contributed by atoms with Gasteiger partial charge in [0.25, 0.3) is 5.91 Å². The molecule has 1 aliphatic rings. The van der Waals surface area contributed by atoms with Crippen LogP contribution in [0.25, 0.3) is 0 Å². The van der Waals surface area contributed by atoms with Gasteiger partial charge in [0.15, 0.2) is 5.76 Å². The molecule has 0 aromatic carbocycles. The van der Waals surface area contributed by atoms with Crippen LogP contribution in [0.15, 0.2) is 22.8 Å². The minimum atomic E-state index is -0.0933. The summed E-state index contributed by atoms with van der Waals surface area (Å²) in [5, 5.41) is 0. The second-order valence-electron chi connectivity index (χ2n) is 5.58. The van der Waals surface area contributed by atoms with Crippen LogP contribution in [0.4, 0.5) is 0 Å². The third-order valence-electron chi connectivity index (χ3n) is 3.59. The predicted octanol–water partition coefficient (Wildman–Crippen LogP) is 2.00. The molecule has 2 heterocycles. The lowest BCUT2D eigenvalue weighted by molar-refractivity contribution is -0.132. The van der Waals surface area contributed by atoms with Gasteiger partial charge in [-0.25, -0.2) is 0 Å². The molecule has 2 amide bonds. The largest absolute Gasteiger partial charge is 0.459 e. The summed E-state index contributed by atoms with van der Waals surface area (Å²) < 4.78 is 5.12. The van der Waals surface area contributed by atoms with Crippen LogP contribution in [0.5, 0.6) is 0 Å². The van der Waals surface area contributed by atoms with Crippen molar-refractivity contribution in [1.29, 1.82) is 0 Å². The second-order valence-corrected chi connectivity index (χ2v) is 5.58. The Morgan fingerprint density at radius 3 is 2.40 bits per heavy atom. The Bertz CT molecular complexity index is 446. The Balaban J connectivity index is 1.80. The fraction of sp³-hybridized carbons (Fsp3) is 0.600. The van der Waals surface area contributed by atoms with E-state index in [-0.39, 0.29) is 11.8 Å². The molecule has 0 atom stereocenters. The van der Waals surface area contributed by atoms with Gasteiger partial charge in [0.1, 0.15) is 0 Å². The molecule has 110 valence electrons. The minimum Gasteiger partial charge on any atom is -0.459 e. The Kier molecular flexibility index (Phi) is 4.82. The van der Waals surface area contributed by atoms with E-state index in [4.69, 9.17) is 4.42 Å². The summed E-state index contributed by atoms with van der Waals surface area (Å²) in [6, 6.07) is 3.38. The van der Waals surface area contributed by atoms with Crippen LogP contribution in [0.2, 0.25) is 0 Å². The first kappa shape index (κ1) is 14.6. The quantitative estimate of drug-likeness (QED) is 0.846. The monoisotopic (exact) mass is 278 g/mol. The van der Waals surface area contributed by atoms with E-state index in [0.29, 0.717) is 44.3 Å². The van der Waals surface area contributed by atoms with Gasteiger partial charge in [0.05, 0.1) is 6.26 Å². The lowest BCUT2D eigenvalue weighted by atomic mass is 10.1. The van der Waals surface area contributed by atoms with E-state index >= 15 is 0 Å². The summed E-state index contributed by atoms with van der Waals surface area (Å²) in [5.41, 5.74) is 0. The topological polar surface area (TPSA) is 53.8 Å². The Hall–Kier alpha value is -1.78. The van der Waals surface area contributed by atoms with Crippen LogP contribution in [0, 0.1) is 5.92 Å². The van der Waals surface area contributed by atoms with Gasteiger partial charge in [-0.3, -0.25) is 9.59 Å². The molecule has 20 heavy (non-hydrogen) atoms. The molecule has 1 aliphatic heterocycles. The summed E-state index contributed by atoms with van der Waals surface area (Å²) in [4.78, 5) is 27.7. The smallest absolute Gasteiger partial charge is 0.289 e. The first-order chi connectivity index (χ1) is 9.58. The van der Waals surface area contributed by atoms with E-state index in [9.17, 15) is 9.59 Å². The molecule has 5 nitrogen and oxygen atoms in total. The zero-order valence-corrected chi connectivity index (χ0v) is 12.2. The Morgan fingerprint density at radius 2 is 1.85 bits per heavy atom. The van der Waals surface area contributed by atoms with Crippen molar-refractivity contribution in [3.8, 4) is 0 Å². The number of carbonyl (C=O) groups excluding carboxylic acids is 2. The van der Waals surface area contributed by atoms with Gasteiger partial charge in [-0.2, -0.15) is 0 Å². The summed E-state index contributed by atoms with van der Waals surface area (Å²) in [5.74, 6) is 1.01. The number of hydrogen-bond acceptors (Lipinski definition) is 3. The fourth-order valence-corrected chi connectivity index (χ4v) is 2.29. The molecule has 1 saturated heterocycles. The van der Waals surface area contributed by atoms with Gasteiger partial charge in [-0.15, -0.1) is 0 Å². The van der Waals surface area contributed by atoms with E-state index in [0.717, 1.165) is 6.42 Å². The van der Waals surface area contributed by atoms with E-state index in [1.165, 1.54) is 6.26 Å². The molecule has 1 aromatic heterocycles. The summed E-state index contributed by atoms with van der Waals surface area (Å²) in [7, 11) is 0. The van der Waals surface area contributed by atoms with E-state index in [1.807, 2.05) is 4.90 Å². The summed E-state index contributed by atoms with van der Waals surface area (Å²) >= 11 is 0. The van der Waals surface area contributed by atoms with Crippen molar-refractivity contribution in [3.63, 3.8) is 0 Å². The highest BCUT2D eigenvalue weighted by molar-refractivity contribution is 5.91. The molecule has 5 heteroatoms. The maximum Gasteiger partial charge on any atom is 0.289 e. The summed E-state index contributed by atoms with van der Waals surface area (Å²) in [6.07, 6.45) is 3.02. The minimum absolute atomic E-state index is 0.0933. The first-order valence-electron chi connectivity index (χ1n) is 7.18. The highest BCUT2D eigenvalue weighted by atomic mass is 16.3. The molecule has 0 bridgehead atoms. The van der Waals surface area contributed by atoms with Gasteiger partial charge in [-0.1, -0.05) is 13.8 Å². The zero-order valence-electron chi connectivity index (χ0n) is 12.2. The van der Waals surface area contributed by atoms with E-state index < -0.39 is 0 Å². The number of carbonyl (C=O) groups is 2. The number of hydrogen-bond donors (Lipinski definition) is 0. The van der Waals surface area contributed by atoms with Gasteiger partial charge < -0.3 is 14.2 Å². The third kappa shape index (κ3) is 3.62. The number of rotatable bonds is 4. The average Bonchev–Trinajstić information content (AvgIpc) is 2.98. The normalized spacial score (nSPS) is 15.8. The van der Waals surface area contributed by atoms with Crippen molar-refractivity contribution in [2.45, 2.75) is 26.7 Å². The molecule has 1 fully saturated rings. The number of nitrogens with zero attached hydrogens (tertiary/aromatic N) is 2. The summed E-state index contributed by atoms with van der Waals surface area (Å²) in [6.45, 7) is 6.62. The molecule has 2 rings (SSSR count). The average molecular weight is 278 g/mol. The SMILES string of the molecule is CC(C)CCC(=O)N1CCN(C(=O)c2ccco2)CC1. The van der Waals surface area contributed by atoms with Crippen molar-refractivity contribution in [2.75, 3.05) is 26.2 Å². The first-order valence-corrected chi connectivity index (χ1v) is 7.18. The van der Waals surface area contributed by atoms with Gasteiger partial charge in [0.2, 0.25) is 5.91 Å². The molecule has 0 spiro atoms. The van der Waals surface area contributed by atoms with Crippen LogP contribution in [0.1, 0.15) is 37.2 Å². The number of piperazine rings is 1. The Labute approximate surface area is 119 Å². The van der Waals surface area contributed by atoms with Crippen molar-refractivity contribution in [1.82, 2.24) is 9.80 Å². The maximum absolute atomic E-state index is 12.1. The molecule has 0 N–H and O–H groups in total. The molecule has 0 saturated carbocycles. The van der Waals surface area contributed by atoms with Crippen molar-refractivity contribution >= 4 is 11.8 Å². The molecular weight excluding hydrogens is 256 g/mol. The molecule has 0 aliphatic carbocycles. The standard InChI is InChI=1S/C15H22N2O3/c1-12(2)5-6-14(18)16-7-9-17(10-8-16)15(19)13-4-3-11-20-13/h3-4,11-12H,5-10H2,1-2H3. The van der Waals surface area contributed by atoms with E-state index in [2.05, 4.69) is 13.8 Å². The third-order valence-corrected chi connectivity index (χ3v) is 3.59. The van der Waals surface area contributed by atoms with Crippen LogP contribution < -0.4 is 0 Å². The maximum atomic E-state index is 12.1. The van der Waals surface area contributed by atoms with Gasteiger partial charge in [-0.05, 0) is 24.5 Å². The lowest BCUT2D eigenvalue weighted by Gasteiger charge is -2.34. The van der Waals surface area contributed by atoms with Crippen molar-refractivity contribution in [2.24, 2.45) is 5.92 Å². The fourth-order valence-electron chi connectivity index (χ4n) is 2.29. The zero-order chi connectivity index (χ0) is 14.5. The molecule has 1 aromatic rings. The highest BCUT2D eigenvalue weighted by Crippen LogP contribution is 2.12. The molecule has 0 radical (unpaired) electrons. The van der Waals surface area contributed by atoms with E-state index in [1.54, 1.807) is 17.0 Å². The Morgan fingerprint density at radius 1 is 1.20 bits per heavy atom. The second kappa shape index (κ2) is 6.59. The van der Waals surface area contributed by atoms with Gasteiger partial charge in [0, 0.05) is 32.6 Å². The predicted molar refractivity (Wildman–Crippen MR) is 75.3 cm³/mol. The van der Waals surface area contributed by atoms with Crippen LogP contribution in [-0.4, -0.2) is 47.8 Å². The van der Waals surface area contributed by atoms with Gasteiger partial charge >= 0.3 is 0 Å². The number of furan rings is 1. The van der Waals surface area contributed by atoms with Crippen molar-refractivity contribution in [3.05, 3.63) is 24.2 Å². The van der Waals surface area contributed by atoms with Crippen molar-refractivity contribution < 1.29 is 14.0 Å². The van der Waals surface area contributed by atoms with Crippen LogP contribution in [0.3, 0.4) is 0 Å². The molecule has 0 unspecified atom stereocenters. The van der Waals surface area contributed by atoms with Crippen LogP contribution in [-0.2, 0) is 4.79 Å². The van der Waals surface area contributed by atoms with Crippen LogP contribution >= 0.6 is 0 Å². The lowest BCUT2D eigenvalue weighted by Crippen LogP contribution is -2.50. The number of amides is 2.